The zero-order valence-electron chi connectivity index (χ0n) is 6.05. The SMILES string of the molecule is CCC1(C(C)S)CCS1. The largest absolute Gasteiger partial charge is 0.175 e. The van der Waals surface area contributed by atoms with Crippen LogP contribution < -0.4 is 0 Å². The molecule has 2 heteroatoms. The predicted molar refractivity (Wildman–Crippen MR) is 48.5 cm³/mol. The predicted octanol–water partition coefficient (Wildman–Crippen LogP) is 2.59. The highest BCUT2D eigenvalue weighted by atomic mass is 32.2. The van der Waals surface area contributed by atoms with Gasteiger partial charge in [0.1, 0.15) is 0 Å². The van der Waals surface area contributed by atoms with E-state index in [0.717, 1.165) is 0 Å². The highest BCUT2D eigenvalue weighted by Crippen LogP contribution is 2.47. The van der Waals surface area contributed by atoms with Crippen LogP contribution >= 0.6 is 24.4 Å². The van der Waals surface area contributed by atoms with Gasteiger partial charge in [0.2, 0.25) is 0 Å². The summed E-state index contributed by atoms with van der Waals surface area (Å²) in [6.07, 6.45) is 2.65. The maximum Gasteiger partial charge on any atom is 0.0278 e. The molecule has 0 saturated carbocycles. The molecule has 1 aliphatic rings. The molecule has 0 aromatic carbocycles. The molecule has 0 bridgehead atoms. The monoisotopic (exact) mass is 162 g/mol. The van der Waals surface area contributed by atoms with Crippen molar-refractivity contribution >= 4 is 24.4 Å². The average molecular weight is 162 g/mol. The molecule has 0 radical (unpaired) electrons. The van der Waals surface area contributed by atoms with Crippen LogP contribution in [0.3, 0.4) is 0 Å². The lowest BCUT2D eigenvalue weighted by molar-refractivity contribution is 0.517. The fraction of sp³-hybridized carbons (Fsp3) is 1.00. The van der Waals surface area contributed by atoms with Gasteiger partial charge in [0.25, 0.3) is 0 Å². The molecule has 0 aromatic heterocycles. The van der Waals surface area contributed by atoms with Gasteiger partial charge in [0.05, 0.1) is 0 Å². The van der Waals surface area contributed by atoms with Crippen LogP contribution in [0.2, 0.25) is 0 Å². The van der Waals surface area contributed by atoms with Crippen LogP contribution in [0.4, 0.5) is 0 Å². The summed E-state index contributed by atoms with van der Waals surface area (Å²) >= 11 is 6.55. The Balaban J connectivity index is 2.46. The van der Waals surface area contributed by atoms with Crippen molar-refractivity contribution in [2.24, 2.45) is 0 Å². The minimum atomic E-state index is 0.545. The van der Waals surface area contributed by atoms with Crippen LogP contribution in [0.25, 0.3) is 0 Å². The lowest BCUT2D eigenvalue weighted by atomic mass is 9.97. The van der Waals surface area contributed by atoms with E-state index in [2.05, 4.69) is 38.2 Å². The smallest absolute Gasteiger partial charge is 0.0278 e. The zero-order chi connectivity index (χ0) is 6.91. The minimum Gasteiger partial charge on any atom is -0.175 e. The summed E-state index contributed by atoms with van der Waals surface area (Å²) in [6.45, 7) is 4.47. The van der Waals surface area contributed by atoms with Crippen LogP contribution in [0, 0.1) is 0 Å². The number of hydrogen-bond donors (Lipinski definition) is 1. The molecule has 0 spiro atoms. The Hall–Kier alpha value is 0.700. The highest BCUT2D eigenvalue weighted by Gasteiger charge is 2.39. The molecule has 0 aromatic rings. The fourth-order valence-electron chi connectivity index (χ4n) is 1.27. The van der Waals surface area contributed by atoms with Crippen molar-refractivity contribution in [3.05, 3.63) is 0 Å². The molecule has 0 N–H and O–H groups in total. The molecular formula is C7H14S2. The number of thioether (sulfide) groups is 1. The number of thiol groups is 1. The molecule has 1 heterocycles. The first-order valence-electron chi connectivity index (χ1n) is 3.53. The summed E-state index contributed by atoms with van der Waals surface area (Å²) in [5, 5.41) is 0.571. The van der Waals surface area contributed by atoms with E-state index in [0.29, 0.717) is 10.00 Å². The summed E-state index contributed by atoms with van der Waals surface area (Å²) in [5.41, 5.74) is 0. The van der Waals surface area contributed by atoms with E-state index in [1.807, 2.05) is 0 Å². The van der Waals surface area contributed by atoms with Gasteiger partial charge in [0, 0.05) is 10.00 Å². The summed E-state index contributed by atoms with van der Waals surface area (Å²) in [6, 6.07) is 0. The highest BCUT2D eigenvalue weighted by molar-refractivity contribution is 8.02. The van der Waals surface area contributed by atoms with Crippen molar-refractivity contribution in [2.45, 2.75) is 36.7 Å². The van der Waals surface area contributed by atoms with Gasteiger partial charge in [0.15, 0.2) is 0 Å². The quantitative estimate of drug-likeness (QED) is 0.609. The Labute approximate surface area is 67.2 Å². The first kappa shape index (κ1) is 7.80. The molecule has 0 aliphatic carbocycles. The summed E-state index contributed by atoms with van der Waals surface area (Å²) in [7, 11) is 0. The molecule has 1 saturated heterocycles. The van der Waals surface area contributed by atoms with E-state index >= 15 is 0 Å². The van der Waals surface area contributed by atoms with Crippen molar-refractivity contribution in [3.8, 4) is 0 Å². The lowest BCUT2D eigenvalue weighted by Gasteiger charge is -2.43. The van der Waals surface area contributed by atoms with Crippen molar-refractivity contribution in [1.82, 2.24) is 0 Å². The van der Waals surface area contributed by atoms with Crippen molar-refractivity contribution in [3.63, 3.8) is 0 Å². The second kappa shape index (κ2) is 2.75. The second-order valence-electron chi connectivity index (χ2n) is 2.69. The van der Waals surface area contributed by atoms with E-state index in [1.54, 1.807) is 0 Å². The molecule has 1 fully saturated rings. The Morgan fingerprint density at radius 2 is 2.33 bits per heavy atom. The molecule has 2 unspecified atom stereocenters. The first-order valence-corrected chi connectivity index (χ1v) is 5.03. The Morgan fingerprint density at radius 3 is 2.33 bits per heavy atom. The zero-order valence-corrected chi connectivity index (χ0v) is 7.77. The summed E-state index contributed by atoms with van der Waals surface area (Å²) in [5.74, 6) is 1.35. The van der Waals surface area contributed by atoms with Crippen molar-refractivity contribution in [2.75, 3.05) is 5.75 Å². The Kier molecular flexibility index (Phi) is 2.38. The van der Waals surface area contributed by atoms with E-state index in [-0.39, 0.29) is 0 Å². The number of hydrogen-bond acceptors (Lipinski definition) is 2. The van der Waals surface area contributed by atoms with E-state index in [4.69, 9.17) is 0 Å². The van der Waals surface area contributed by atoms with Crippen LogP contribution in [0.1, 0.15) is 26.7 Å². The van der Waals surface area contributed by atoms with E-state index < -0.39 is 0 Å². The van der Waals surface area contributed by atoms with E-state index in [9.17, 15) is 0 Å². The van der Waals surface area contributed by atoms with Gasteiger partial charge < -0.3 is 0 Å². The molecule has 2 atom stereocenters. The van der Waals surface area contributed by atoms with Gasteiger partial charge >= 0.3 is 0 Å². The third-order valence-electron chi connectivity index (χ3n) is 2.27. The van der Waals surface area contributed by atoms with Gasteiger partial charge in [-0.15, -0.1) is 0 Å². The van der Waals surface area contributed by atoms with Crippen LogP contribution in [0.5, 0.6) is 0 Å². The third kappa shape index (κ3) is 1.25. The van der Waals surface area contributed by atoms with Gasteiger partial charge in [-0.2, -0.15) is 24.4 Å². The molecule has 0 nitrogen and oxygen atoms in total. The normalized spacial score (nSPS) is 37.7. The van der Waals surface area contributed by atoms with Crippen LogP contribution in [0.15, 0.2) is 0 Å². The maximum absolute atomic E-state index is 4.47. The van der Waals surface area contributed by atoms with Gasteiger partial charge in [-0.3, -0.25) is 0 Å². The van der Waals surface area contributed by atoms with Crippen LogP contribution in [-0.2, 0) is 0 Å². The Bertz CT molecular complexity index is 89.6. The van der Waals surface area contributed by atoms with Crippen LogP contribution in [-0.4, -0.2) is 15.7 Å². The van der Waals surface area contributed by atoms with Crippen molar-refractivity contribution in [1.29, 1.82) is 0 Å². The summed E-state index contributed by atoms with van der Waals surface area (Å²) in [4.78, 5) is 0. The molecule has 0 amide bonds. The molecule has 9 heavy (non-hydrogen) atoms. The lowest BCUT2D eigenvalue weighted by Crippen LogP contribution is -2.41. The molecular weight excluding hydrogens is 148 g/mol. The van der Waals surface area contributed by atoms with Gasteiger partial charge in [-0.25, -0.2) is 0 Å². The molecule has 1 rings (SSSR count). The second-order valence-corrected chi connectivity index (χ2v) is 4.98. The molecule has 1 aliphatic heterocycles. The number of rotatable bonds is 2. The van der Waals surface area contributed by atoms with Gasteiger partial charge in [-0.05, 0) is 18.6 Å². The minimum absolute atomic E-state index is 0.545. The molecule has 54 valence electrons. The Morgan fingerprint density at radius 1 is 1.78 bits per heavy atom. The standard InChI is InChI=1S/C7H14S2/c1-3-7(6(2)8)4-5-9-7/h6,8H,3-5H2,1-2H3. The topological polar surface area (TPSA) is 0 Å². The fourth-order valence-corrected chi connectivity index (χ4v) is 2.98. The van der Waals surface area contributed by atoms with Crippen molar-refractivity contribution < 1.29 is 0 Å². The van der Waals surface area contributed by atoms with E-state index in [1.165, 1.54) is 18.6 Å². The summed E-state index contributed by atoms with van der Waals surface area (Å²) < 4.78 is 0.545. The maximum atomic E-state index is 4.47. The first-order chi connectivity index (χ1) is 4.21. The van der Waals surface area contributed by atoms with Gasteiger partial charge in [-0.1, -0.05) is 13.8 Å². The third-order valence-corrected chi connectivity index (χ3v) is 4.77. The average Bonchev–Trinajstić information content (AvgIpc) is 1.62.